The van der Waals surface area contributed by atoms with Crippen molar-refractivity contribution in [1.29, 1.82) is 0 Å². The zero-order valence-electron chi connectivity index (χ0n) is 18.6. The summed E-state index contributed by atoms with van der Waals surface area (Å²) in [6.45, 7) is -2.04. The molecular formula is C20H18F7N7O2S. The van der Waals surface area contributed by atoms with Crippen LogP contribution in [0.15, 0.2) is 30.5 Å². The fourth-order valence-corrected chi connectivity index (χ4v) is 3.67. The second kappa shape index (κ2) is 11.6. The van der Waals surface area contributed by atoms with Crippen molar-refractivity contribution in [3.05, 3.63) is 57.3 Å². The summed E-state index contributed by atoms with van der Waals surface area (Å²) >= 11 is 0.887. The van der Waals surface area contributed by atoms with E-state index in [-0.39, 0.29) is 36.5 Å². The van der Waals surface area contributed by atoms with E-state index in [2.05, 4.69) is 25.8 Å². The smallest absolute Gasteiger partial charge is 0.346 e. The quantitative estimate of drug-likeness (QED) is 0.373. The number of nitrogens with one attached hydrogen (secondary N) is 2. The van der Waals surface area contributed by atoms with Crippen molar-refractivity contribution in [1.82, 2.24) is 35.8 Å². The largest absolute Gasteiger partial charge is 0.416 e. The van der Waals surface area contributed by atoms with Crippen LogP contribution in [0.3, 0.4) is 0 Å². The highest BCUT2D eigenvalue weighted by Gasteiger charge is 2.30. The topological polar surface area (TPSA) is 115 Å². The van der Waals surface area contributed by atoms with Gasteiger partial charge in [0.15, 0.2) is 5.69 Å². The maximum Gasteiger partial charge on any atom is 0.416 e. The van der Waals surface area contributed by atoms with Crippen LogP contribution in [-0.2, 0) is 25.7 Å². The van der Waals surface area contributed by atoms with Gasteiger partial charge in [-0.3, -0.25) is 9.59 Å². The van der Waals surface area contributed by atoms with Gasteiger partial charge in [-0.05, 0) is 24.1 Å². The molecule has 0 radical (unpaired) electrons. The molecule has 3 aromatic rings. The van der Waals surface area contributed by atoms with Gasteiger partial charge in [-0.25, -0.2) is 9.07 Å². The summed E-state index contributed by atoms with van der Waals surface area (Å²) in [7, 11) is 0. The maximum atomic E-state index is 14.3. The van der Waals surface area contributed by atoms with Crippen LogP contribution in [0.25, 0.3) is 0 Å². The van der Waals surface area contributed by atoms with Crippen LogP contribution in [0.5, 0.6) is 0 Å². The molecule has 37 heavy (non-hydrogen) atoms. The first kappa shape index (κ1) is 27.9. The van der Waals surface area contributed by atoms with Crippen LogP contribution in [0.2, 0.25) is 0 Å². The number of aromatic nitrogens is 5. The molecule has 0 bridgehead atoms. The minimum atomic E-state index is -4.59. The first-order chi connectivity index (χ1) is 17.3. The number of rotatable bonds is 10. The Morgan fingerprint density at radius 3 is 2.49 bits per heavy atom. The average molecular weight is 553 g/mol. The summed E-state index contributed by atoms with van der Waals surface area (Å²) in [4.78, 5) is 23.9. The van der Waals surface area contributed by atoms with Gasteiger partial charge in [0.2, 0.25) is 5.01 Å². The van der Waals surface area contributed by atoms with Crippen molar-refractivity contribution >= 4 is 23.2 Å². The maximum absolute atomic E-state index is 14.3. The number of alkyl halides is 7. The Balaban J connectivity index is 1.45. The molecule has 9 nitrogen and oxygen atoms in total. The van der Waals surface area contributed by atoms with Crippen LogP contribution in [0.1, 0.15) is 42.8 Å². The Morgan fingerprint density at radius 1 is 1.03 bits per heavy atom. The summed E-state index contributed by atoms with van der Waals surface area (Å²) in [6, 6.07) is 4.48. The highest BCUT2D eigenvalue weighted by molar-refractivity contribution is 7.13. The predicted molar refractivity (Wildman–Crippen MR) is 114 cm³/mol. The molecular weight excluding hydrogens is 535 g/mol. The predicted octanol–water partition coefficient (Wildman–Crippen LogP) is 3.34. The number of nitrogens with zero attached hydrogens (tertiary/aromatic N) is 5. The van der Waals surface area contributed by atoms with Gasteiger partial charge in [0.1, 0.15) is 17.7 Å². The lowest BCUT2D eigenvalue weighted by Crippen LogP contribution is -2.33. The second-order valence-corrected chi connectivity index (χ2v) is 8.70. The number of hydrogen-bond donors (Lipinski definition) is 2. The molecule has 2 amide bonds. The zero-order chi connectivity index (χ0) is 27.2. The Morgan fingerprint density at radius 2 is 1.78 bits per heavy atom. The molecule has 200 valence electrons. The number of benzene rings is 1. The number of halogens is 7. The molecule has 2 N–H and O–H groups in total. The van der Waals surface area contributed by atoms with Crippen molar-refractivity contribution in [2.45, 2.75) is 44.5 Å². The van der Waals surface area contributed by atoms with Crippen molar-refractivity contribution in [2.75, 3.05) is 6.54 Å². The van der Waals surface area contributed by atoms with E-state index in [1.54, 1.807) is 5.32 Å². The number of aryl methyl sites for hydroxylation is 1. The molecule has 0 aliphatic heterocycles. The Hall–Kier alpha value is -3.63. The summed E-state index contributed by atoms with van der Waals surface area (Å²) in [5, 5.41) is 18.8. The lowest BCUT2D eigenvalue weighted by Gasteiger charge is -2.09. The van der Waals surface area contributed by atoms with Gasteiger partial charge >= 0.3 is 12.4 Å². The first-order valence-corrected chi connectivity index (χ1v) is 11.3. The molecule has 17 heteroatoms. The number of hydrogen-bond acceptors (Lipinski definition) is 7. The molecule has 1 atom stereocenters. The standard InChI is InChI=1S/C20H18F7N7O2S/c21-13(8-34-9-14(30-33-34)16(35)29-10-19(22,23)24)4-5-15-31-32-18(37-15)17(36)28-7-11-2-1-3-12(6-11)20(25,26)27/h1-3,6,9,13H,4-5,7-8,10H2,(H,28,36)(H,29,35). The summed E-state index contributed by atoms with van der Waals surface area (Å²) in [5.74, 6) is -1.76. The van der Waals surface area contributed by atoms with E-state index in [4.69, 9.17) is 0 Å². The Labute approximate surface area is 208 Å². The summed E-state index contributed by atoms with van der Waals surface area (Å²) in [5.41, 5.74) is -1.01. The van der Waals surface area contributed by atoms with Gasteiger partial charge in [-0.15, -0.1) is 15.3 Å². The third-order valence-electron chi connectivity index (χ3n) is 4.65. The van der Waals surface area contributed by atoms with Gasteiger partial charge in [0.05, 0.1) is 18.3 Å². The van der Waals surface area contributed by atoms with Crippen LogP contribution in [0, 0.1) is 0 Å². The number of carbonyl (C=O) groups excluding carboxylic acids is 2. The van der Waals surface area contributed by atoms with Gasteiger partial charge < -0.3 is 10.6 Å². The number of amides is 2. The van der Waals surface area contributed by atoms with E-state index in [1.807, 2.05) is 0 Å². The fourth-order valence-electron chi connectivity index (χ4n) is 2.90. The molecule has 0 spiro atoms. The van der Waals surface area contributed by atoms with Crippen LogP contribution in [-0.4, -0.2) is 55.9 Å². The van der Waals surface area contributed by atoms with E-state index in [9.17, 15) is 40.3 Å². The van der Waals surface area contributed by atoms with E-state index in [0.717, 1.165) is 34.3 Å². The molecule has 0 saturated carbocycles. The molecule has 1 unspecified atom stereocenters. The average Bonchev–Trinajstić information content (AvgIpc) is 3.49. The molecule has 2 aromatic heterocycles. The normalized spacial score (nSPS) is 12.8. The third-order valence-corrected chi connectivity index (χ3v) is 5.63. The molecule has 0 fully saturated rings. The molecule has 2 heterocycles. The van der Waals surface area contributed by atoms with Crippen molar-refractivity contribution < 1.29 is 40.3 Å². The van der Waals surface area contributed by atoms with E-state index >= 15 is 0 Å². The van der Waals surface area contributed by atoms with Crippen molar-refractivity contribution in [3.63, 3.8) is 0 Å². The molecule has 3 rings (SSSR count). The van der Waals surface area contributed by atoms with Crippen molar-refractivity contribution in [3.8, 4) is 0 Å². The lowest BCUT2D eigenvalue weighted by atomic mass is 10.1. The lowest BCUT2D eigenvalue weighted by molar-refractivity contribution is -0.137. The molecule has 0 aliphatic rings. The molecule has 1 aromatic carbocycles. The summed E-state index contributed by atoms with van der Waals surface area (Å²) < 4.78 is 90.2. The second-order valence-electron chi connectivity index (χ2n) is 7.64. The summed E-state index contributed by atoms with van der Waals surface area (Å²) in [6.07, 6.45) is -9.57. The third kappa shape index (κ3) is 8.76. The van der Waals surface area contributed by atoms with E-state index < -0.39 is 48.1 Å². The SMILES string of the molecule is O=C(NCC(F)(F)F)c1cn(CC(F)CCc2nnc(C(=O)NCc3cccc(C(F)(F)F)c3)s2)nn1. The Bertz CT molecular complexity index is 1230. The number of carbonyl (C=O) groups is 2. The first-order valence-electron chi connectivity index (χ1n) is 10.5. The van der Waals surface area contributed by atoms with E-state index in [0.29, 0.717) is 5.01 Å². The Kier molecular flexibility index (Phi) is 8.77. The van der Waals surface area contributed by atoms with Gasteiger partial charge in [0, 0.05) is 13.0 Å². The minimum absolute atomic E-state index is 0.0526. The monoisotopic (exact) mass is 553 g/mol. The highest BCUT2D eigenvalue weighted by atomic mass is 32.1. The van der Waals surface area contributed by atoms with Crippen LogP contribution in [0.4, 0.5) is 30.7 Å². The highest BCUT2D eigenvalue weighted by Crippen LogP contribution is 2.29. The minimum Gasteiger partial charge on any atom is -0.346 e. The van der Waals surface area contributed by atoms with Gasteiger partial charge in [-0.2, -0.15) is 26.3 Å². The fraction of sp³-hybridized carbons (Fsp3) is 0.400. The molecule has 0 aliphatic carbocycles. The van der Waals surface area contributed by atoms with Gasteiger partial charge in [0.25, 0.3) is 11.8 Å². The van der Waals surface area contributed by atoms with Crippen molar-refractivity contribution in [2.24, 2.45) is 0 Å². The molecule has 0 saturated heterocycles. The van der Waals surface area contributed by atoms with Gasteiger partial charge in [-0.1, -0.05) is 28.7 Å². The zero-order valence-corrected chi connectivity index (χ0v) is 19.4. The van der Waals surface area contributed by atoms with E-state index in [1.165, 1.54) is 12.1 Å². The van der Waals surface area contributed by atoms with Crippen LogP contribution < -0.4 is 10.6 Å². The van der Waals surface area contributed by atoms with Crippen LogP contribution >= 0.6 is 11.3 Å².